The molecule has 1 N–H and O–H groups in total. The Morgan fingerprint density at radius 1 is 1.37 bits per heavy atom. The molecule has 0 saturated carbocycles. The Morgan fingerprint density at radius 3 is 2.70 bits per heavy atom. The van der Waals surface area contributed by atoms with Gasteiger partial charge in [0, 0.05) is 6.61 Å². The molecule has 0 spiro atoms. The number of anilines is 1. The van der Waals surface area contributed by atoms with Crippen LogP contribution in [-0.2, 0) is 10.9 Å². The van der Waals surface area contributed by atoms with E-state index in [1.54, 1.807) is 0 Å². The van der Waals surface area contributed by atoms with Gasteiger partial charge >= 0.3 is 11.9 Å². The van der Waals surface area contributed by atoms with Gasteiger partial charge in [0.25, 0.3) is 5.91 Å². The molecule has 2 aromatic heterocycles. The summed E-state index contributed by atoms with van der Waals surface area (Å²) in [6.45, 7) is 0.483. The van der Waals surface area contributed by atoms with E-state index in [0.717, 1.165) is 31.3 Å². The summed E-state index contributed by atoms with van der Waals surface area (Å²) in [6.07, 6.45) is -0.871. The number of carbonyl (C=O) groups excluding carboxylic acids is 1. The molecule has 1 saturated heterocycles. The molecule has 1 unspecified atom stereocenters. The first-order valence-corrected chi connectivity index (χ1v) is 7.95. The van der Waals surface area contributed by atoms with Crippen molar-refractivity contribution in [2.24, 2.45) is 0 Å². The average Bonchev–Trinajstić information content (AvgIpc) is 3.08. The number of nitrogens with one attached hydrogen (secondary N) is 1. The van der Waals surface area contributed by atoms with Crippen molar-refractivity contribution in [2.75, 3.05) is 11.9 Å². The zero-order valence-corrected chi connectivity index (χ0v) is 13.8. The molecule has 144 valence electrons. The molecule has 3 rings (SSSR count). The second kappa shape index (κ2) is 7.31. The van der Waals surface area contributed by atoms with E-state index in [9.17, 15) is 28.1 Å². The van der Waals surface area contributed by atoms with Crippen LogP contribution in [0.5, 0.6) is 0 Å². The molecule has 0 bridgehead atoms. The summed E-state index contributed by atoms with van der Waals surface area (Å²) in [6, 6.07) is 1.69. The summed E-state index contributed by atoms with van der Waals surface area (Å²) in [5.74, 6) is -0.933. The minimum atomic E-state index is -4.61. The van der Waals surface area contributed by atoms with Gasteiger partial charge in [0.2, 0.25) is 5.69 Å². The van der Waals surface area contributed by atoms with Crippen LogP contribution in [0.2, 0.25) is 0 Å². The maximum atomic E-state index is 12.5. The predicted molar refractivity (Wildman–Crippen MR) is 84.9 cm³/mol. The largest absolute Gasteiger partial charge is 0.433 e. The molecule has 1 atom stereocenters. The first-order valence-electron chi connectivity index (χ1n) is 7.95. The van der Waals surface area contributed by atoms with Gasteiger partial charge in [-0.1, -0.05) is 0 Å². The van der Waals surface area contributed by atoms with Crippen LogP contribution in [0.4, 0.5) is 24.5 Å². The van der Waals surface area contributed by atoms with E-state index in [-0.39, 0.29) is 5.69 Å². The summed E-state index contributed by atoms with van der Waals surface area (Å²) in [7, 11) is 0. The number of halogens is 3. The summed E-state index contributed by atoms with van der Waals surface area (Å²) in [4.78, 5) is 26.0. The van der Waals surface area contributed by atoms with E-state index in [1.807, 2.05) is 0 Å². The van der Waals surface area contributed by atoms with Crippen LogP contribution in [0, 0.1) is 10.1 Å². The molecule has 1 aliphatic rings. The maximum absolute atomic E-state index is 12.5. The molecule has 12 heteroatoms. The monoisotopic (exact) mass is 385 g/mol. The van der Waals surface area contributed by atoms with Crippen molar-refractivity contribution in [1.82, 2.24) is 14.8 Å². The van der Waals surface area contributed by atoms with Gasteiger partial charge in [-0.2, -0.15) is 18.3 Å². The van der Waals surface area contributed by atoms with Gasteiger partial charge in [-0.15, -0.1) is 0 Å². The third-order valence-electron chi connectivity index (χ3n) is 3.89. The van der Waals surface area contributed by atoms with Gasteiger partial charge in [0.15, 0.2) is 0 Å². The van der Waals surface area contributed by atoms with Gasteiger partial charge in [0.05, 0.1) is 16.8 Å². The lowest BCUT2D eigenvalue weighted by Crippen LogP contribution is -2.20. The number of rotatable bonds is 4. The normalized spacial score (nSPS) is 17.5. The topological polar surface area (TPSA) is 112 Å². The summed E-state index contributed by atoms with van der Waals surface area (Å²) >= 11 is 0. The molecule has 0 aromatic carbocycles. The lowest BCUT2D eigenvalue weighted by atomic mass is 10.2. The first kappa shape index (κ1) is 18.8. The number of ether oxygens (including phenoxy) is 1. The van der Waals surface area contributed by atoms with Gasteiger partial charge < -0.3 is 10.1 Å². The minimum Gasteiger partial charge on any atom is -0.357 e. The Balaban J connectivity index is 1.81. The number of pyridine rings is 1. The van der Waals surface area contributed by atoms with Crippen LogP contribution in [0.1, 0.15) is 41.7 Å². The number of amides is 1. The standard InChI is InChI=1S/C15H14F3N5O4/c16-15(17,18)11-5-4-9(7-19-11)20-14(24)13-10(23(25)26)8-22(21-13)12-3-1-2-6-27-12/h4-5,7-8,12H,1-3,6H2,(H,20,24). The zero-order chi connectivity index (χ0) is 19.6. The van der Waals surface area contributed by atoms with Crippen LogP contribution < -0.4 is 5.32 Å². The number of nitrogens with zero attached hydrogens (tertiary/aromatic N) is 4. The SMILES string of the molecule is O=C(Nc1ccc(C(F)(F)F)nc1)c1nn(C2CCCCO2)cc1[N+](=O)[O-]. The van der Waals surface area contributed by atoms with Crippen molar-refractivity contribution >= 4 is 17.3 Å². The van der Waals surface area contributed by atoms with E-state index in [0.29, 0.717) is 19.1 Å². The Labute approximate surface area is 150 Å². The molecule has 27 heavy (non-hydrogen) atoms. The smallest absolute Gasteiger partial charge is 0.357 e. The molecule has 0 aliphatic carbocycles. The second-order valence-corrected chi connectivity index (χ2v) is 5.81. The van der Waals surface area contributed by atoms with Crippen LogP contribution >= 0.6 is 0 Å². The Morgan fingerprint density at radius 2 is 2.15 bits per heavy atom. The van der Waals surface area contributed by atoms with Gasteiger partial charge in [0.1, 0.15) is 18.1 Å². The number of alkyl halides is 3. The Hall–Kier alpha value is -3.02. The molecule has 0 radical (unpaired) electrons. The number of nitro groups is 1. The predicted octanol–water partition coefficient (Wildman–Crippen LogP) is 3.16. The molecule has 1 aliphatic heterocycles. The highest BCUT2D eigenvalue weighted by molar-refractivity contribution is 6.05. The Kier molecular flexibility index (Phi) is 5.08. The van der Waals surface area contributed by atoms with E-state index in [2.05, 4.69) is 15.4 Å². The highest BCUT2D eigenvalue weighted by atomic mass is 19.4. The molecule has 9 nitrogen and oxygen atoms in total. The van der Waals surface area contributed by atoms with Gasteiger partial charge in [-0.05, 0) is 31.4 Å². The number of aromatic nitrogens is 3. The van der Waals surface area contributed by atoms with Crippen molar-refractivity contribution in [1.29, 1.82) is 0 Å². The lowest BCUT2D eigenvalue weighted by Gasteiger charge is -2.22. The van der Waals surface area contributed by atoms with E-state index in [4.69, 9.17) is 4.74 Å². The highest BCUT2D eigenvalue weighted by Gasteiger charge is 2.32. The van der Waals surface area contributed by atoms with Crippen molar-refractivity contribution in [3.8, 4) is 0 Å². The van der Waals surface area contributed by atoms with Gasteiger partial charge in [-0.3, -0.25) is 14.9 Å². The van der Waals surface area contributed by atoms with Crippen LogP contribution in [-0.4, -0.2) is 32.2 Å². The lowest BCUT2D eigenvalue weighted by molar-refractivity contribution is -0.385. The fourth-order valence-corrected chi connectivity index (χ4v) is 2.58. The summed E-state index contributed by atoms with van der Waals surface area (Å²) in [5.41, 5.74) is -2.16. The highest BCUT2D eigenvalue weighted by Crippen LogP contribution is 2.29. The van der Waals surface area contributed by atoms with Crippen molar-refractivity contribution in [3.63, 3.8) is 0 Å². The second-order valence-electron chi connectivity index (χ2n) is 5.81. The third kappa shape index (κ3) is 4.22. The average molecular weight is 385 g/mol. The van der Waals surface area contributed by atoms with E-state index in [1.165, 1.54) is 4.68 Å². The fraction of sp³-hybridized carbons (Fsp3) is 0.400. The van der Waals surface area contributed by atoms with Crippen molar-refractivity contribution in [3.05, 3.63) is 46.0 Å². The minimum absolute atomic E-state index is 0.0502. The fourth-order valence-electron chi connectivity index (χ4n) is 2.58. The molecular formula is C15H14F3N5O4. The molecule has 3 heterocycles. The van der Waals surface area contributed by atoms with Crippen molar-refractivity contribution in [2.45, 2.75) is 31.7 Å². The van der Waals surface area contributed by atoms with E-state index < -0.39 is 40.3 Å². The summed E-state index contributed by atoms with van der Waals surface area (Å²) < 4.78 is 44.3. The first-order chi connectivity index (χ1) is 12.8. The van der Waals surface area contributed by atoms with Crippen LogP contribution in [0.15, 0.2) is 24.5 Å². The molecule has 2 aromatic rings. The number of hydrogen-bond donors (Lipinski definition) is 1. The number of carbonyl (C=O) groups is 1. The van der Waals surface area contributed by atoms with Crippen LogP contribution in [0.3, 0.4) is 0 Å². The Bertz CT molecular complexity index is 844. The molecular weight excluding hydrogens is 371 g/mol. The number of hydrogen-bond acceptors (Lipinski definition) is 6. The van der Waals surface area contributed by atoms with Gasteiger partial charge in [-0.25, -0.2) is 9.67 Å². The van der Waals surface area contributed by atoms with E-state index >= 15 is 0 Å². The third-order valence-corrected chi connectivity index (χ3v) is 3.89. The zero-order valence-electron chi connectivity index (χ0n) is 13.8. The van der Waals surface area contributed by atoms with Crippen LogP contribution in [0.25, 0.3) is 0 Å². The van der Waals surface area contributed by atoms with Crippen molar-refractivity contribution < 1.29 is 27.6 Å². The maximum Gasteiger partial charge on any atom is 0.433 e. The molecule has 1 fully saturated rings. The summed E-state index contributed by atoms with van der Waals surface area (Å²) in [5, 5.41) is 17.4. The quantitative estimate of drug-likeness (QED) is 0.639. The molecule has 1 amide bonds.